The molecule has 2 bridgehead atoms. The Morgan fingerprint density at radius 2 is 1.29 bits per heavy atom. The molecular formula is C48H77NO17. The van der Waals surface area contributed by atoms with Crippen LogP contribution in [0.15, 0.2) is 72.9 Å². The lowest BCUT2D eigenvalue weighted by Crippen LogP contribution is -2.61. The monoisotopic (exact) mass is 940 g/mol. The van der Waals surface area contributed by atoms with E-state index in [0.717, 1.165) is 20.0 Å². The van der Waals surface area contributed by atoms with E-state index in [1.54, 1.807) is 51.2 Å². The first-order chi connectivity index (χ1) is 31.2. The van der Waals surface area contributed by atoms with Crippen molar-refractivity contribution >= 4 is 11.9 Å². The molecule has 0 amide bonds. The first kappa shape index (κ1) is 57.1. The number of ether oxygens (including phenoxy) is 5. The number of allylic oxidation sites excluding steroid dienone is 10. The van der Waals surface area contributed by atoms with Gasteiger partial charge in [-0.25, -0.2) is 0 Å². The van der Waals surface area contributed by atoms with Crippen LogP contribution in [0.4, 0.5) is 0 Å². The third kappa shape index (κ3) is 18.7. The van der Waals surface area contributed by atoms with Crippen LogP contribution in [0.2, 0.25) is 0 Å². The van der Waals surface area contributed by atoms with Gasteiger partial charge in [0.2, 0.25) is 0 Å². The summed E-state index contributed by atoms with van der Waals surface area (Å²) in [4.78, 5) is 25.7. The fourth-order valence-corrected chi connectivity index (χ4v) is 8.23. The Bertz CT molecular complexity index is 1640. The lowest BCUT2D eigenvalue weighted by Gasteiger charge is -2.45. The topological polar surface area (TPSA) is 309 Å². The van der Waals surface area contributed by atoms with E-state index in [-0.39, 0.29) is 38.0 Å². The number of carbonyl (C=O) groups excluding carboxylic acids is 2. The van der Waals surface area contributed by atoms with E-state index in [1.807, 2.05) is 49.5 Å². The summed E-state index contributed by atoms with van der Waals surface area (Å²) in [5.74, 6) is -5.93. The van der Waals surface area contributed by atoms with Crippen molar-refractivity contribution in [2.75, 3.05) is 7.11 Å². The quantitative estimate of drug-likeness (QED) is 0.176. The Kier molecular flexibility index (Phi) is 24.5. The highest BCUT2D eigenvalue weighted by Crippen LogP contribution is 2.38. The van der Waals surface area contributed by atoms with Crippen LogP contribution in [0, 0.1) is 17.8 Å². The first-order valence-electron chi connectivity index (χ1n) is 23.0. The number of nitrogens with two attached hydrogens (primary N) is 1. The van der Waals surface area contributed by atoms with Crippen molar-refractivity contribution in [3.8, 4) is 0 Å². The Balaban J connectivity index is 1.86. The van der Waals surface area contributed by atoms with Gasteiger partial charge < -0.3 is 80.5 Å². The number of cyclic esters (lactones) is 1. The second-order valence-electron chi connectivity index (χ2n) is 18.0. The average Bonchev–Trinajstić information content (AvgIpc) is 3.24. The predicted octanol–water partition coefficient (Wildman–Crippen LogP) is 1.02. The highest BCUT2D eigenvalue weighted by molar-refractivity contribution is 5.74. The van der Waals surface area contributed by atoms with Crippen LogP contribution in [-0.4, -0.2) is 168 Å². The second kappa shape index (κ2) is 28.3. The van der Waals surface area contributed by atoms with E-state index in [1.165, 1.54) is 0 Å². The smallest absolute Gasteiger partial charge is 0.313 e. The first-order valence-corrected chi connectivity index (χ1v) is 23.0. The van der Waals surface area contributed by atoms with Gasteiger partial charge in [0.25, 0.3) is 0 Å². The van der Waals surface area contributed by atoms with Crippen molar-refractivity contribution < 1.29 is 84.3 Å². The summed E-state index contributed by atoms with van der Waals surface area (Å²) in [6, 6.07) is -1.13. The molecule has 3 heterocycles. The van der Waals surface area contributed by atoms with Crippen molar-refractivity contribution in [3.63, 3.8) is 0 Å². The Morgan fingerprint density at radius 1 is 0.697 bits per heavy atom. The molecule has 0 aromatic carbocycles. The van der Waals surface area contributed by atoms with Crippen LogP contribution in [-0.2, 0) is 33.3 Å². The van der Waals surface area contributed by atoms with E-state index in [9.17, 15) is 60.7 Å². The number of esters is 2. The van der Waals surface area contributed by atoms with Crippen molar-refractivity contribution in [1.82, 2.24) is 0 Å². The second-order valence-corrected chi connectivity index (χ2v) is 18.0. The molecule has 376 valence electrons. The summed E-state index contributed by atoms with van der Waals surface area (Å²) in [5, 5.41) is 109. The zero-order valence-electron chi connectivity index (χ0n) is 38.8. The molecule has 3 aliphatic rings. The maximum Gasteiger partial charge on any atom is 0.313 e. The summed E-state index contributed by atoms with van der Waals surface area (Å²) in [6.07, 6.45) is 3.32. The van der Waals surface area contributed by atoms with Gasteiger partial charge in [-0.3, -0.25) is 9.59 Å². The average molecular weight is 940 g/mol. The van der Waals surface area contributed by atoms with Crippen molar-refractivity contribution in [3.05, 3.63) is 72.9 Å². The highest BCUT2D eigenvalue weighted by atomic mass is 16.7. The van der Waals surface area contributed by atoms with Crippen LogP contribution in [0.3, 0.4) is 0 Å². The SMILES string of the molecule is COC(=O)[C@H]1[C@@H]2C[C@@H](O[C@@H]3O[C@H](C)[C@@H](O)[C@H](N)[C@@H]3O)/C=C/C=C\C=C/C=C\CC/C=C\C=C/[C@H](C)[C@@H](O)[C@@H](C)[C@H](C)OC(=O)C[C@H](O)C[C@H](O)C[C@H](O)CC[C@@H](O)[C@H](O)C[C@](O)(C[C@@H]1O)O2. The number of fused-ring (bicyclic) bond motifs is 2. The van der Waals surface area contributed by atoms with Gasteiger partial charge in [-0.2, -0.15) is 0 Å². The summed E-state index contributed by atoms with van der Waals surface area (Å²) in [6.45, 7) is 6.82. The largest absolute Gasteiger partial charge is 0.469 e. The molecule has 0 aromatic rings. The van der Waals surface area contributed by atoms with E-state index >= 15 is 0 Å². The highest BCUT2D eigenvalue weighted by Gasteiger charge is 2.51. The summed E-state index contributed by atoms with van der Waals surface area (Å²) < 4.78 is 28.4. The maximum atomic E-state index is 13.1. The molecule has 0 radical (unpaired) electrons. The molecule has 18 heteroatoms. The molecule has 3 aliphatic heterocycles. The number of hydrogen-bond donors (Lipinski definition) is 11. The minimum absolute atomic E-state index is 0.120. The zero-order chi connectivity index (χ0) is 49.1. The van der Waals surface area contributed by atoms with Crippen LogP contribution >= 0.6 is 0 Å². The zero-order valence-corrected chi connectivity index (χ0v) is 38.8. The molecule has 19 atom stereocenters. The number of aliphatic hydroxyl groups is 10. The summed E-state index contributed by atoms with van der Waals surface area (Å²) >= 11 is 0. The normalized spacial score (nSPS) is 44.7. The van der Waals surface area contributed by atoms with Gasteiger partial charge >= 0.3 is 11.9 Å². The van der Waals surface area contributed by atoms with Gasteiger partial charge in [-0.1, -0.05) is 86.8 Å². The minimum atomic E-state index is -2.30. The van der Waals surface area contributed by atoms with Crippen molar-refractivity contribution in [1.29, 1.82) is 0 Å². The Labute approximate surface area is 388 Å². The molecule has 3 rings (SSSR count). The minimum Gasteiger partial charge on any atom is -0.469 e. The van der Waals surface area contributed by atoms with Gasteiger partial charge in [-0.05, 0) is 52.4 Å². The van der Waals surface area contributed by atoms with Gasteiger partial charge in [0, 0.05) is 31.1 Å². The molecule has 0 spiro atoms. The molecule has 2 fully saturated rings. The number of rotatable bonds is 3. The molecule has 0 aromatic heterocycles. The van der Waals surface area contributed by atoms with Gasteiger partial charge in [0.15, 0.2) is 12.1 Å². The third-order valence-corrected chi connectivity index (χ3v) is 12.4. The van der Waals surface area contributed by atoms with Gasteiger partial charge in [-0.15, -0.1) is 0 Å². The van der Waals surface area contributed by atoms with Crippen LogP contribution in [0.5, 0.6) is 0 Å². The van der Waals surface area contributed by atoms with E-state index in [2.05, 4.69) is 0 Å². The maximum absolute atomic E-state index is 13.1. The summed E-state index contributed by atoms with van der Waals surface area (Å²) in [5.41, 5.74) is 6.06. The van der Waals surface area contributed by atoms with Gasteiger partial charge in [0.05, 0.1) is 86.7 Å². The fourth-order valence-electron chi connectivity index (χ4n) is 8.23. The van der Waals surface area contributed by atoms with Gasteiger partial charge in [0.1, 0.15) is 18.1 Å². The van der Waals surface area contributed by atoms with Crippen molar-refractivity contribution in [2.24, 2.45) is 23.5 Å². The molecular weight excluding hydrogens is 863 g/mol. The van der Waals surface area contributed by atoms with E-state index < -0.39 is 141 Å². The Hall–Kier alpha value is -3.18. The number of hydrogen-bond acceptors (Lipinski definition) is 18. The van der Waals surface area contributed by atoms with Crippen LogP contribution in [0.1, 0.15) is 91.9 Å². The lowest BCUT2D eigenvalue weighted by molar-refractivity contribution is -0.310. The summed E-state index contributed by atoms with van der Waals surface area (Å²) in [7, 11) is 1.12. The molecule has 0 unspecified atom stereocenters. The molecule has 66 heavy (non-hydrogen) atoms. The van der Waals surface area contributed by atoms with Crippen LogP contribution in [0.25, 0.3) is 0 Å². The third-order valence-electron chi connectivity index (χ3n) is 12.4. The predicted molar refractivity (Wildman–Crippen MR) is 241 cm³/mol. The lowest BCUT2D eigenvalue weighted by atomic mass is 9.82. The molecule has 2 saturated heterocycles. The molecule has 0 saturated carbocycles. The molecule has 12 N–H and O–H groups in total. The number of methoxy groups -OCH3 is 1. The fraction of sp³-hybridized carbons (Fsp3) is 0.708. The van der Waals surface area contributed by atoms with E-state index in [0.29, 0.717) is 0 Å². The molecule has 18 nitrogen and oxygen atoms in total. The van der Waals surface area contributed by atoms with Crippen LogP contribution < -0.4 is 5.73 Å². The van der Waals surface area contributed by atoms with Crippen molar-refractivity contribution in [2.45, 2.75) is 189 Å². The standard InChI is InChI=1S/C48H77NO17/c1-28-18-16-14-12-10-8-6-7-9-11-13-15-17-19-35(65-47-45(59)42(49)44(58)31(4)64-47)25-39-41(46(60)62-5)38(55)27-48(61,66-39)26-37(54)36(53)21-20-32(50)22-33(51)23-34(52)24-40(56)63-30(3)29(2)43(28)57/h6-7,9,11-19,28-39,41-45,47,50-55,57-59,61H,8,10,20-27,49H2,1-5H3/b7-6-,11-9-,14-12-,15-13-,18-16-,19-17+/t28-,29-,30-,31+,32+,33+,34+,35-,36+,37+,38-,39-,41+,42-,43+,44+,45-,47-,48+/m0/s1. The Morgan fingerprint density at radius 3 is 1.95 bits per heavy atom. The molecule has 0 aliphatic carbocycles. The number of carbonyl (C=O) groups is 2. The number of aliphatic hydroxyl groups excluding tert-OH is 9. The van der Waals surface area contributed by atoms with E-state index in [4.69, 9.17) is 29.4 Å².